The Hall–Kier alpha value is -4.24. The van der Waals surface area contributed by atoms with Crippen LogP contribution in [-0.2, 0) is 4.74 Å². The van der Waals surface area contributed by atoms with Crippen molar-refractivity contribution in [3.63, 3.8) is 0 Å². The number of halogens is 1. The van der Waals surface area contributed by atoms with Gasteiger partial charge in [0.2, 0.25) is 0 Å². The third kappa shape index (κ3) is 3.87. The van der Waals surface area contributed by atoms with Gasteiger partial charge in [0, 0.05) is 24.7 Å². The Bertz CT molecular complexity index is 1610. The number of aromatic nitrogens is 4. The third-order valence-electron chi connectivity index (χ3n) is 6.58. The Morgan fingerprint density at radius 2 is 1.86 bits per heavy atom. The second-order valence-corrected chi connectivity index (χ2v) is 8.85. The molecule has 182 valence electrons. The molecule has 0 saturated carbocycles. The van der Waals surface area contributed by atoms with Crippen LogP contribution in [0.1, 0.15) is 18.7 Å². The van der Waals surface area contributed by atoms with Crippen LogP contribution in [0.25, 0.3) is 33.3 Å². The molecule has 1 atom stereocenters. The number of ether oxygens (including phenoxy) is 1. The smallest absolute Gasteiger partial charge is 0.261 e. The van der Waals surface area contributed by atoms with E-state index in [0.29, 0.717) is 60.1 Å². The molecule has 4 heterocycles. The second-order valence-electron chi connectivity index (χ2n) is 8.85. The fourth-order valence-corrected chi connectivity index (χ4v) is 4.74. The van der Waals surface area contributed by atoms with Gasteiger partial charge in [-0.1, -0.05) is 24.3 Å². The number of para-hydroxylation sites is 1. The lowest BCUT2D eigenvalue weighted by Crippen LogP contribution is -2.36. The van der Waals surface area contributed by atoms with Gasteiger partial charge in [-0.15, -0.1) is 0 Å². The Morgan fingerprint density at radius 1 is 1.06 bits per heavy atom. The minimum absolute atomic E-state index is 0.191. The van der Waals surface area contributed by atoms with E-state index in [2.05, 4.69) is 25.3 Å². The number of nitrogens with zero attached hydrogens (tertiary/aromatic N) is 3. The zero-order valence-corrected chi connectivity index (χ0v) is 19.7. The second kappa shape index (κ2) is 9.09. The summed E-state index contributed by atoms with van der Waals surface area (Å²) >= 11 is 0. The number of H-pyrrole nitrogens is 2. The molecule has 1 aliphatic heterocycles. The van der Waals surface area contributed by atoms with Gasteiger partial charge < -0.3 is 24.9 Å². The Morgan fingerprint density at radius 3 is 2.67 bits per heavy atom. The average Bonchev–Trinajstić information content (AvgIpc) is 3.34. The lowest BCUT2D eigenvalue weighted by atomic mass is 10.1. The summed E-state index contributed by atoms with van der Waals surface area (Å²) in [6.45, 7) is 4.33. The fraction of sp³-hybridized carbons (Fsp3) is 0.222. The summed E-state index contributed by atoms with van der Waals surface area (Å²) in [7, 11) is 0. The van der Waals surface area contributed by atoms with Crippen LogP contribution in [0.5, 0.6) is 0 Å². The van der Waals surface area contributed by atoms with E-state index in [-0.39, 0.29) is 22.9 Å². The first-order chi connectivity index (χ1) is 17.6. The molecule has 2 aromatic carbocycles. The highest BCUT2D eigenvalue weighted by molar-refractivity contribution is 5.99. The highest BCUT2D eigenvalue weighted by Crippen LogP contribution is 2.34. The largest absolute Gasteiger partial charge is 0.378 e. The molecule has 6 rings (SSSR count). The summed E-state index contributed by atoms with van der Waals surface area (Å²) in [5.41, 5.74) is 3.35. The van der Waals surface area contributed by atoms with Crippen molar-refractivity contribution in [1.82, 2.24) is 19.9 Å². The number of anilines is 2. The molecular formula is C27H25FN6O2. The zero-order chi connectivity index (χ0) is 24.6. The maximum atomic E-state index is 15.6. The van der Waals surface area contributed by atoms with E-state index in [1.165, 1.54) is 0 Å². The van der Waals surface area contributed by atoms with Crippen molar-refractivity contribution in [2.75, 3.05) is 36.5 Å². The van der Waals surface area contributed by atoms with Crippen molar-refractivity contribution in [3.05, 3.63) is 82.7 Å². The summed E-state index contributed by atoms with van der Waals surface area (Å²) in [5.74, 6) is -0.0903. The number of rotatable bonds is 5. The number of benzene rings is 2. The minimum atomic E-state index is -0.387. The predicted molar refractivity (Wildman–Crippen MR) is 139 cm³/mol. The van der Waals surface area contributed by atoms with Gasteiger partial charge in [0.1, 0.15) is 16.9 Å². The highest BCUT2D eigenvalue weighted by atomic mass is 19.1. The van der Waals surface area contributed by atoms with Crippen LogP contribution in [0, 0.1) is 5.82 Å². The van der Waals surface area contributed by atoms with E-state index in [0.717, 1.165) is 11.1 Å². The molecule has 5 aromatic rings. The van der Waals surface area contributed by atoms with Crippen LogP contribution < -0.4 is 15.8 Å². The van der Waals surface area contributed by atoms with Crippen LogP contribution in [0.15, 0.2) is 65.6 Å². The topological polar surface area (TPSA) is 98.9 Å². The molecule has 3 N–H and O–H groups in total. The maximum Gasteiger partial charge on any atom is 0.261 e. The number of hydrogen-bond donors (Lipinski definition) is 3. The molecule has 0 radical (unpaired) electrons. The van der Waals surface area contributed by atoms with Crippen LogP contribution in [0.2, 0.25) is 0 Å². The number of hydrogen-bond acceptors (Lipinski definition) is 6. The lowest BCUT2D eigenvalue weighted by Gasteiger charge is -2.29. The monoisotopic (exact) mass is 484 g/mol. The first-order valence-electron chi connectivity index (χ1n) is 11.9. The fourth-order valence-electron chi connectivity index (χ4n) is 4.74. The molecule has 1 fully saturated rings. The van der Waals surface area contributed by atoms with Gasteiger partial charge in [-0.2, -0.15) is 0 Å². The summed E-state index contributed by atoms with van der Waals surface area (Å²) < 4.78 is 21.0. The predicted octanol–water partition coefficient (Wildman–Crippen LogP) is 4.62. The molecule has 0 aliphatic carbocycles. The summed E-state index contributed by atoms with van der Waals surface area (Å²) in [6.07, 6.45) is 1.73. The van der Waals surface area contributed by atoms with Gasteiger partial charge in [0.15, 0.2) is 5.82 Å². The first kappa shape index (κ1) is 22.2. The Labute approximate surface area is 206 Å². The summed E-state index contributed by atoms with van der Waals surface area (Å²) in [5, 5.41) is 4.30. The number of pyridine rings is 2. The van der Waals surface area contributed by atoms with E-state index < -0.39 is 0 Å². The average molecular weight is 485 g/mol. The molecule has 1 saturated heterocycles. The van der Waals surface area contributed by atoms with Crippen molar-refractivity contribution in [1.29, 1.82) is 0 Å². The van der Waals surface area contributed by atoms with E-state index >= 15 is 4.39 Å². The number of fused-ring (bicyclic) bond motifs is 2. The molecule has 0 amide bonds. The van der Waals surface area contributed by atoms with Gasteiger partial charge in [0.25, 0.3) is 5.56 Å². The molecule has 9 heteroatoms. The quantitative estimate of drug-likeness (QED) is 0.337. The van der Waals surface area contributed by atoms with Gasteiger partial charge in [-0.05, 0) is 37.3 Å². The van der Waals surface area contributed by atoms with Crippen molar-refractivity contribution < 1.29 is 9.13 Å². The van der Waals surface area contributed by atoms with E-state index in [1.807, 2.05) is 54.3 Å². The molecule has 0 unspecified atom stereocenters. The Kier molecular flexibility index (Phi) is 5.61. The first-order valence-corrected chi connectivity index (χ1v) is 11.9. The van der Waals surface area contributed by atoms with Crippen LogP contribution in [0.3, 0.4) is 0 Å². The summed E-state index contributed by atoms with van der Waals surface area (Å²) in [4.78, 5) is 30.4. The molecule has 3 aromatic heterocycles. The maximum absolute atomic E-state index is 15.6. The van der Waals surface area contributed by atoms with Crippen LogP contribution in [0.4, 0.5) is 15.8 Å². The van der Waals surface area contributed by atoms with Crippen LogP contribution >= 0.6 is 0 Å². The number of morpholine rings is 1. The lowest BCUT2D eigenvalue weighted by molar-refractivity contribution is 0.122. The van der Waals surface area contributed by atoms with Crippen LogP contribution in [-0.4, -0.2) is 46.2 Å². The van der Waals surface area contributed by atoms with Crippen molar-refractivity contribution in [3.8, 4) is 11.4 Å². The van der Waals surface area contributed by atoms with Gasteiger partial charge in [-0.25, -0.2) is 9.37 Å². The third-order valence-corrected chi connectivity index (χ3v) is 6.58. The summed E-state index contributed by atoms with van der Waals surface area (Å²) in [6, 6.07) is 16.6. The normalized spacial score (nSPS) is 14.9. The van der Waals surface area contributed by atoms with Crippen molar-refractivity contribution in [2.45, 2.75) is 13.0 Å². The van der Waals surface area contributed by atoms with E-state index in [1.54, 1.807) is 18.3 Å². The van der Waals surface area contributed by atoms with Crippen molar-refractivity contribution >= 4 is 33.3 Å². The zero-order valence-electron chi connectivity index (χ0n) is 19.7. The van der Waals surface area contributed by atoms with Crippen molar-refractivity contribution in [2.24, 2.45) is 0 Å². The molecule has 0 bridgehead atoms. The Balaban J connectivity index is 1.50. The number of aromatic amines is 2. The molecule has 36 heavy (non-hydrogen) atoms. The van der Waals surface area contributed by atoms with Gasteiger partial charge in [0.05, 0.1) is 47.4 Å². The molecule has 8 nitrogen and oxygen atoms in total. The highest BCUT2D eigenvalue weighted by Gasteiger charge is 2.23. The number of imidazole rings is 1. The SMILES string of the molecule is C[C@H](Nc1c(-c2nc3ccc(N4CCOCC4)c(F)c3[nH]2)c(=O)[nH]c2ccccc12)c1ccccn1. The minimum Gasteiger partial charge on any atom is -0.378 e. The number of nitrogens with one attached hydrogen (secondary N) is 3. The van der Waals surface area contributed by atoms with E-state index in [4.69, 9.17) is 4.74 Å². The molecular weight excluding hydrogens is 459 g/mol. The molecule has 0 spiro atoms. The van der Waals surface area contributed by atoms with Gasteiger partial charge >= 0.3 is 0 Å². The van der Waals surface area contributed by atoms with E-state index in [9.17, 15) is 4.79 Å². The van der Waals surface area contributed by atoms with Gasteiger partial charge in [-0.3, -0.25) is 9.78 Å². The molecule has 1 aliphatic rings. The standard InChI is InChI=1S/C27H25FN6O2/c1-16(18-7-4-5-11-29-18)30-24-17-6-2-3-8-19(17)32-27(35)22(24)26-31-20-9-10-21(23(28)25(20)33-26)34-12-14-36-15-13-34/h2-11,16H,12-15H2,1H3,(H,31,33)(H2,30,32,35)/t16-/m0/s1.